The maximum atomic E-state index is 12.6. The van der Waals surface area contributed by atoms with Crippen LogP contribution in [0, 0.1) is 0 Å². The summed E-state index contributed by atoms with van der Waals surface area (Å²) < 4.78 is 10.7. The molecule has 0 spiro atoms. The zero-order valence-corrected chi connectivity index (χ0v) is 18.0. The van der Waals surface area contributed by atoms with Crippen LogP contribution in [-0.4, -0.2) is 59.8 Å². The van der Waals surface area contributed by atoms with Crippen LogP contribution in [0.15, 0.2) is 18.2 Å². The van der Waals surface area contributed by atoms with E-state index < -0.39 is 0 Å². The van der Waals surface area contributed by atoms with Crippen LogP contribution in [0.1, 0.15) is 67.7 Å². The number of amides is 1. The van der Waals surface area contributed by atoms with Gasteiger partial charge in [-0.25, -0.2) is 4.98 Å². The highest BCUT2D eigenvalue weighted by atomic mass is 16.5. The monoisotopic (exact) mass is 413 g/mol. The molecule has 1 aromatic carbocycles. The van der Waals surface area contributed by atoms with Gasteiger partial charge in [0.05, 0.1) is 26.8 Å². The number of H-pyrrole nitrogens is 1. The summed E-state index contributed by atoms with van der Waals surface area (Å²) in [6.07, 6.45) is 4.41. The molecule has 8 heteroatoms. The average molecular weight is 414 g/mol. The van der Waals surface area contributed by atoms with Gasteiger partial charge in [-0.2, -0.15) is 5.10 Å². The molecule has 2 aromatic rings. The van der Waals surface area contributed by atoms with Gasteiger partial charge in [0.2, 0.25) is 5.91 Å². The maximum absolute atomic E-state index is 12.6. The van der Waals surface area contributed by atoms with Crippen molar-refractivity contribution in [2.45, 2.75) is 50.5 Å². The number of aromatic nitrogens is 3. The van der Waals surface area contributed by atoms with Crippen molar-refractivity contribution in [3.05, 3.63) is 35.4 Å². The Morgan fingerprint density at radius 2 is 1.97 bits per heavy atom. The first kappa shape index (κ1) is 20.7. The van der Waals surface area contributed by atoms with Gasteiger partial charge in [0.15, 0.2) is 5.82 Å². The summed E-state index contributed by atoms with van der Waals surface area (Å²) in [7, 11) is 3.26. The summed E-state index contributed by atoms with van der Waals surface area (Å²) in [5.41, 5.74) is 0.903. The van der Waals surface area contributed by atoms with Gasteiger partial charge in [-0.05, 0) is 63.9 Å². The van der Waals surface area contributed by atoms with E-state index in [9.17, 15) is 4.79 Å². The lowest BCUT2D eigenvalue weighted by molar-refractivity contribution is -0.123. The largest absolute Gasteiger partial charge is 0.497 e. The number of carbonyl (C=O) groups is 1. The predicted molar refractivity (Wildman–Crippen MR) is 113 cm³/mol. The minimum Gasteiger partial charge on any atom is -0.497 e. The number of methoxy groups -OCH3 is 2. The van der Waals surface area contributed by atoms with Crippen molar-refractivity contribution < 1.29 is 14.3 Å². The maximum Gasteiger partial charge on any atom is 0.234 e. The molecule has 1 atom stereocenters. The summed E-state index contributed by atoms with van der Waals surface area (Å²) in [6.45, 7) is 4.12. The molecule has 1 aromatic heterocycles. The van der Waals surface area contributed by atoms with Gasteiger partial charge in [0.25, 0.3) is 0 Å². The molecule has 1 unspecified atom stereocenters. The molecule has 2 heterocycles. The average Bonchev–Trinajstić information content (AvgIpc) is 3.50. The fraction of sp³-hybridized carbons (Fsp3) is 0.591. The molecular formula is C22H31N5O3. The lowest BCUT2D eigenvalue weighted by atomic mass is 9.96. The number of piperidine rings is 1. The highest BCUT2D eigenvalue weighted by molar-refractivity contribution is 5.78. The van der Waals surface area contributed by atoms with Crippen molar-refractivity contribution in [3.63, 3.8) is 0 Å². The van der Waals surface area contributed by atoms with Crippen molar-refractivity contribution in [1.29, 1.82) is 0 Å². The van der Waals surface area contributed by atoms with Crippen LogP contribution >= 0.6 is 0 Å². The molecule has 1 aliphatic carbocycles. The molecule has 2 fully saturated rings. The van der Waals surface area contributed by atoms with Gasteiger partial charge in [0.1, 0.15) is 17.3 Å². The zero-order chi connectivity index (χ0) is 21.1. The molecule has 0 bridgehead atoms. The second kappa shape index (κ2) is 9.04. The normalized spacial score (nSPS) is 18.8. The fourth-order valence-electron chi connectivity index (χ4n) is 4.10. The molecule has 1 saturated carbocycles. The number of nitrogens with one attached hydrogen (secondary N) is 2. The number of hydrogen-bond acceptors (Lipinski definition) is 6. The molecule has 30 heavy (non-hydrogen) atoms. The highest BCUT2D eigenvalue weighted by Crippen LogP contribution is 2.38. The number of ether oxygens (including phenoxy) is 2. The molecule has 2 aliphatic rings. The number of hydrogen-bond donors (Lipinski definition) is 2. The van der Waals surface area contributed by atoms with Gasteiger partial charge < -0.3 is 14.8 Å². The second-order valence-electron chi connectivity index (χ2n) is 8.30. The van der Waals surface area contributed by atoms with Gasteiger partial charge in [-0.1, -0.05) is 0 Å². The van der Waals surface area contributed by atoms with Crippen LogP contribution in [0.3, 0.4) is 0 Å². The molecular weight excluding hydrogens is 382 g/mol. The first-order valence-corrected chi connectivity index (χ1v) is 10.7. The second-order valence-corrected chi connectivity index (χ2v) is 8.30. The van der Waals surface area contributed by atoms with Crippen molar-refractivity contribution in [2.75, 3.05) is 33.9 Å². The number of carbonyl (C=O) groups excluding carboxylic acids is 1. The van der Waals surface area contributed by atoms with E-state index in [1.54, 1.807) is 14.2 Å². The third kappa shape index (κ3) is 4.75. The highest BCUT2D eigenvalue weighted by Gasteiger charge is 2.30. The Labute approximate surface area is 177 Å². The molecule has 2 N–H and O–H groups in total. The quantitative estimate of drug-likeness (QED) is 0.691. The first-order chi connectivity index (χ1) is 14.6. The molecule has 4 rings (SSSR count). The third-order valence-corrected chi connectivity index (χ3v) is 6.08. The summed E-state index contributed by atoms with van der Waals surface area (Å²) in [4.78, 5) is 19.5. The van der Waals surface area contributed by atoms with Gasteiger partial charge in [0, 0.05) is 17.4 Å². The van der Waals surface area contributed by atoms with Crippen molar-refractivity contribution in [2.24, 2.45) is 0 Å². The number of nitrogens with zero attached hydrogens (tertiary/aromatic N) is 3. The topological polar surface area (TPSA) is 92.4 Å². The predicted octanol–water partition coefficient (Wildman–Crippen LogP) is 2.76. The molecule has 1 aliphatic heterocycles. The Balaban J connectivity index is 1.27. The Bertz CT molecular complexity index is 871. The first-order valence-electron chi connectivity index (χ1n) is 10.7. The van der Waals surface area contributed by atoms with Crippen LogP contribution in [0.4, 0.5) is 0 Å². The van der Waals surface area contributed by atoms with Crippen molar-refractivity contribution >= 4 is 5.91 Å². The lowest BCUT2D eigenvalue weighted by Crippen LogP contribution is -2.42. The van der Waals surface area contributed by atoms with E-state index in [1.165, 1.54) is 12.8 Å². The smallest absolute Gasteiger partial charge is 0.234 e. The third-order valence-electron chi connectivity index (χ3n) is 6.08. The minimum absolute atomic E-state index is 0.0153. The SMILES string of the molecule is COc1ccc(OC)c(C(C)NC(=O)CN2CCC(c3nc(C4CC4)n[nH]3)CC2)c1. The van der Waals surface area contributed by atoms with E-state index in [0.717, 1.165) is 54.6 Å². The Kier molecular flexibility index (Phi) is 6.22. The summed E-state index contributed by atoms with van der Waals surface area (Å²) >= 11 is 0. The van der Waals surface area contributed by atoms with E-state index in [2.05, 4.69) is 20.4 Å². The van der Waals surface area contributed by atoms with Gasteiger partial charge >= 0.3 is 0 Å². The molecule has 8 nitrogen and oxygen atoms in total. The summed E-state index contributed by atoms with van der Waals surface area (Å²) in [6, 6.07) is 5.45. The summed E-state index contributed by atoms with van der Waals surface area (Å²) in [5.74, 6) is 4.47. The minimum atomic E-state index is -0.171. The van der Waals surface area contributed by atoms with Crippen LogP contribution in [0.2, 0.25) is 0 Å². The Morgan fingerprint density at radius 3 is 2.63 bits per heavy atom. The standard InChI is InChI=1S/C22H31N5O3/c1-14(18-12-17(29-2)6-7-19(18)30-3)23-20(28)13-27-10-8-16(9-11-27)22-24-21(25-26-22)15-4-5-15/h6-7,12,14-16H,4-5,8-11,13H2,1-3H3,(H,23,28)(H,24,25,26). The van der Waals surface area contributed by atoms with Crippen LogP contribution in [0.5, 0.6) is 11.5 Å². The van der Waals surface area contributed by atoms with E-state index in [-0.39, 0.29) is 11.9 Å². The van der Waals surface area contributed by atoms with Gasteiger partial charge in [-0.3, -0.25) is 14.8 Å². The summed E-state index contributed by atoms with van der Waals surface area (Å²) in [5, 5.41) is 10.6. The molecule has 1 amide bonds. The number of benzene rings is 1. The van der Waals surface area contributed by atoms with Crippen molar-refractivity contribution in [3.8, 4) is 11.5 Å². The van der Waals surface area contributed by atoms with Crippen molar-refractivity contribution in [1.82, 2.24) is 25.4 Å². The number of likely N-dealkylation sites (tertiary alicyclic amines) is 1. The van der Waals surface area contributed by atoms with E-state index in [4.69, 9.17) is 14.5 Å². The Hall–Kier alpha value is -2.61. The van der Waals surface area contributed by atoms with E-state index in [1.807, 2.05) is 25.1 Å². The molecule has 162 valence electrons. The Morgan fingerprint density at radius 1 is 1.20 bits per heavy atom. The lowest BCUT2D eigenvalue weighted by Gasteiger charge is -2.30. The van der Waals surface area contributed by atoms with Gasteiger partial charge in [-0.15, -0.1) is 0 Å². The van der Waals surface area contributed by atoms with E-state index >= 15 is 0 Å². The van der Waals surface area contributed by atoms with Crippen LogP contribution < -0.4 is 14.8 Å². The van der Waals surface area contributed by atoms with Crippen LogP contribution in [-0.2, 0) is 4.79 Å². The van der Waals surface area contributed by atoms with Crippen LogP contribution in [0.25, 0.3) is 0 Å². The zero-order valence-electron chi connectivity index (χ0n) is 18.0. The number of rotatable bonds is 8. The fourth-order valence-corrected chi connectivity index (χ4v) is 4.10. The van der Waals surface area contributed by atoms with E-state index in [0.29, 0.717) is 18.4 Å². The molecule has 0 radical (unpaired) electrons. The number of aromatic amines is 1. The molecule has 1 saturated heterocycles.